The molecule has 1 saturated heterocycles. The molecule has 2 aliphatic rings. The van der Waals surface area contributed by atoms with Gasteiger partial charge in [0.1, 0.15) is 17.6 Å². The lowest BCUT2D eigenvalue weighted by Crippen LogP contribution is -2.29. The number of aliphatic hydroxyl groups excluding tert-OH is 1. The van der Waals surface area contributed by atoms with Crippen molar-refractivity contribution in [2.24, 2.45) is 0 Å². The molecule has 0 radical (unpaired) electrons. The number of aliphatic hydroxyl groups is 1. The number of unbranched alkanes of at least 4 members (excludes halogenated alkanes) is 2. The minimum absolute atomic E-state index is 0.00332. The fourth-order valence-electron chi connectivity index (χ4n) is 5.81. The lowest BCUT2D eigenvalue weighted by Gasteiger charge is -2.24. The number of benzene rings is 3. The first kappa shape index (κ1) is 29.7. The number of nitrogens with zero attached hydrogens (tertiary/aromatic N) is 2. The first-order chi connectivity index (χ1) is 21.3. The second kappa shape index (κ2) is 12.3. The molecule has 0 bridgehead atoms. The van der Waals surface area contributed by atoms with Gasteiger partial charge in [-0.15, -0.1) is 0 Å². The molecule has 228 valence electrons. The number of hydrogen-bond donors (Lipinski definition) is 1. The Morgan fingerprint density at radius 1 is 1.05 bits per heavy atom. The van der Waals surface area contributed by atoms with Crippen LogP contribution in [0.3, 0.4) is 0 Å². The molecule has 44 heavy (non-hydrogen) atoms. The Morgan fingerprint density at radius 3 is 2.68 bits per heavy atom. The van der Waals surface area contributed by atoms with Gasteiger partial charge in [0.15, 0.2) is 16.6 Å². The number of ketones is 1. The summed E-state index contributed by atoms with van der Waals surface area (Å²) in [5.74, 6) is 0.0939. The zero-order chi connectivity index (χ0) is 31.0. The molecule has 1 amide bonds. The van der Waals surface area contributed by atoms with Gasteiger partial charge < -0.3 is 19.3 Å². The van der Waals surface area contributed by atoms with Gasteiger partial charge in [-0.3, -0.25) is 14.5 Å². The third-order valence-corrected chi connectivity index (χ3v) is 8.96. The molecule has 3 heterocycles. The van der Waals surface area contributed by atoms with Crippen LogP contribution >= 0.6 is 11.3 Å². The molecule has 9 heteroatoms. The fraction of sp³-hybridized carbons (Fsp3) is 0.343. The third-order valence-electron chi connectivity index (χ3n) is 7.94. The normalized spacial score (nSPS) is 19.0. The van der Waals surface area contributed by atoms with Crippen molar-refractivity contribution < 1.29 is 28.9 Å². The highest BCUT2D eigenvalue weighted by molar-refractivity contribution is 7.22. The van der Waals surface area contributed by atoms with Crippen LogP contribution in [0, 0.1) is 6.92 Å². The van der Waals surface area contributed by atoms with E-state index in [0.29, 0.717) is 47.4 Å². The second-order valence-corrected chi connectivity index (χ2v) is 12.3. The number of aryl methyl sites for hydroxylation is 1. The average molecular weight is 613 g/mol. The van der Waals surface area contributed by atoms with Crippen LogP contribution in [0.15, 0.2) is 60.2 Å². The Hall–Kier alpha value is -4.37. The topological polar surface area (TPSA) is 98.2 Å². The molecular weight excluding hydrogens is 576 g/mol. The summed E-state index contributed by atoms with van der Waals surface area (Å²) in [6.45, 7) is 8.97. The van der Waals surface area contributed by atoms with E-state index in [1.165, 1.54) is 16.2 Å². The molecule has 2 atom stereocenters. The van der Waals surface area contributed by atoms with Crippen molar-refractivity contribution >= 4 is 44.1 Å². The number of carbonyl (C=O) groups is 2. The van der Waals surface area contributed by atoms with Crippen molar-refractivity contribution in [2.45, 2.75) is 65.5 Å². The van der Waals surface area contributed by atoms with Gasteiger partial charge in [-0.2, -0.15) is 0 Å². The van der Waals surface area contributed by atoms with Crippen molar-refractivity contribution in [1.82, 2.24) is 4.98 Å². The van der Waals surface area contributed by atoms with Crippen molar-refractivity contribution in [2.75, 3.05) is 18.1 Å². The van der Waals surface area contributed by atoms with Gasteiger partial charge >= 0.3 is 5.91 Å². The monoisotopic (exact) mass is 612 g/mol. The van der Waals surface area contributed by atoms with E-state index in [4.69, 9.17) is 19.2 Å². The van der Waals surface area contributed by atoms with Gasteiger partial charge in [0.2, 0.25) is 0 Å². The number of Topliss-reactive ketones (excluding diaryl/α,β-unsaturated/α-hetero) is 1. The number of carbonyl (C=O) groups excluding carboxylic acids is 2. The molecule has 1 fully saturated rings. The van der Waals surface area contributed by atoms with Crippen LogP contribution in [0.2, 0.25) is 0 Å². The number of rotatable bonds is 10. The zero-order valence-corrected chi connectivity index (χ0v) is 26.2. The number of aromatic nitrogens is 1. The van der Waals surface area contributed by atoms with E-state index in [1.807, 2.05) is 57.2 Å². The lowest BCUT2D eigenvalue weighted by atomic mass is 9.94. The molecule has 2 aliphatic heterocycles. The van der Waals surface area contributed by atoms with Gasteiger partial charge in [0, 0.05) is 12.0 Å². The minimum Gasteiger partial charge on any atom is -0.507 e. The predicted molar refractivity (Wildman–Crippen MR) is 172 cm³/mol. The second-order valence-electron chi connectivity index (χ2n) is 11.3. The quantitative estimate of drug-likeness (QED) is 0.0856. The van der Waals surface area contributed by atoms with Gasteiger partial charge in [-0.25, -0.2) is 4.98 Å². The van der Waals surface area contributed by atoms with Crippen LogP contribution in [0.25, 0.3) is 16.0 Å². The number of ether oxygens (including phenoxy) is 3. The fourth-order valence-corrected chi connectivity index (χ4v) is 6.90. The summed E-state index contributed by atoms with van der Waals surface area (Å²) in [5, 5.41) is 12.1. The van der Waals surface area contributed by atoms with Crippen LogP contribution < -0.4 is 19.1 Å². The van der Waals surface area contributed by atoms with E-state index < -0.39 is 17.7 Å². The summed E-state index contributed by atoms with van der Waals surface area (Å²) in [5.41, 5.74) is 3.79. The molecule has 1 N–H and O–H groups in total. The maximum absolute atomic E-state index is 13.8. The highest BCUT2D eigenvalue weighted by atomic mass is 32.1. The van der Waals surface area contributed by atoms with E-state index in [1.54, 1.807) is 18.2 Å². The minimum atomic E-state index is -0.937. The summed E-state index contributed by atoms with van der Waals surface area (Å²) in [6, 6.07) is 15.7. The van der Waals surface area contributed by atoms with Crippen LogP contribution in [-0.2, 0) is 16.0 Å². The SMILES string of the molecule is CCCCCOc1ccc(C2/C(=C(\O)c3ccc4c(c3)CC(C)O4)C(=O)C(=O)N2c2nc3ccc(C)cc3s2)cc1OCC. The van der Waals surface area contributed by atoms with Gasteiger partial charge in [0.25, 0.3) is 5.78 Å². The van der Waals surface area contributed by atoms with E-state index >= 15 is 0 Å². The number of anilines is 1. The number of thiazole rings is 1. The molecule has 1 aromatic heterocycles. The highest BCUT2D eigenvalue weighted by Crippen LogP contribution is 2.46. The summed E-state index contributed by atoms with van der Waals surface area (Å²) in [4.78, 5) is 33.8. The predicted octanol–water partition coefficient (Wildman–Crippen LogP) is 7.52. The Balaban J connectivity index is 1.49. The summed E-state index contributed by atoms with van der Waals surface area (Å²) >= 11 is 1.34. The maximum atomic E-state index is 13.8. The molecular formula is C35H36N2O6S. The van der Waals surface area contributed by atoms with E-state index in [2.05, 4.69) is 6.92 Å². The molecule has 3 aromatic carbocycles. The molecule has 2 unspecified atom stereocenters. The summed E-state index contributed by atoms with van der Waals surface area (Å²) in [7, 11) is 0. The molecule has 4 aromatic rings. The standard InChI is InChI=1S/C35H36N2O6S/c1-5-7-8-15-42-27-14-10-22(19-28(27)41-6-2)31-30(32(38)23-11-13-26-24(18-23)17-21(4)43-26)33(39)34(40)37(31)35-36-25-12-9-20(3)16-29(25)44-35/h9-14,16,18-19,21,31,38H,5-8,15,17H2,1-4H3/b32-30+. The highest BCUT2D eigenvalue weighted by Gasteiger charge is 2.48. The molecule has 6 rings (SSSR count). The number of hydrogen-bond acceptors (Lipinski definition) is 8. The first-order valence-corrected chi connectivity index (χ1v) is 16.0. The van der Waals surface area contributed by atoms with Crippen LogP contribution in [0.4, 0.5) is 5.13 Å². The Morgan fingerprint density at radius 2 is 1.89 bits per heavy atom. The van der Waals surface area contributed by atoms with Crippen LogP contribution in [-0.4, -0.2) is 41.1 Å². The molecule has 0 aliphatic carbocycles. The number of fused-ring (bicyclic) bond motifs is 2. The smallest absolute Gasteiger partial charge is 0.301 e. The third kappa shape index (κ3) is 5.52. The summed E-state index contributed by atoms with van der Waals surface area (Å²) in [6.07, 6.45) is 3.78. The lowest BCUT2D eigenvalue weighted by molar-refractivity contribution is -0.132. The first-order valence-electron chi connectivity index (χ1n) is 15.2. The van der Waals surface area contributed by atoms with E-state index in [9.17, 15) is 14.7 Å². The summed E-state index contributed by atoms with van der Waals surface area (Å²) < 4.78 is 18.8. The largest absolute Gasteiger partial charge is 0.507 e. The van der Waals surface area contributed by atoms with Crippen molar-refractivity contribution in [1.29, 1.82) is 0 Å². The Labute approximate surface area is 260 Å². The molecule has 0 spiro atoms. The van der Waals surface area contributed by atoms with Gasteiger partial charge in [-0.1, -0.05) is 43.2 Å². The van der Waals surface area contributed by atoms with Gasteiger partial charge in [0.05, 0.1) is 35.0 Å². The van der Waals surface area contributed by atoms with E-state index in [0.717, 1.165) is 46.4 Å². The van der Waals surface area contributed by atoms with Crippen molar-refractivity contribution in [3.05, 3.63) is 82.4 Å². The maximum Gasteiger partial charge on any atom is 0.301 e. The molecule has 0 saturated carbocycles. The zero-order valence-electron chi connectivity index (χ0n) is 25.4. The van der Waals surface area contributed by atoms with Crippen molar-refractivity contribution in [3.8, 4) is 17.2 Å². The Bertz CT molecular complexity index is 1780. The number of amides is 1. The van der Waals surface area contributed by atoms with Gasteiger partial charge in [-0.05, 0) is 86.3 Å². The average Bonchev–Trinajstić information content (AvgIpc) is 3.67. The van der Waals surface area contributed by atoms with Crippen LogP contribution in [0.1, 0.15) is 68.3 Å². The van der Waals surface area contributed by atoms with E-state index in [-0.39, 0.29) is 17.4 Å². The molecule has 8 nitrogen and oxygen atoms in total. The Kier molecular flexibility index (Phi) is 8.31. The van der Waals surface area contributed by atoms with Crippen molar-refractivity contribution in [3.63, 3.8) is 0 Å². The van der Waals surface area contributed by atoms with Crippen LogP contribution in [0.5, 0.6) is 17.2 Å².